The second-order valence-corrected chi connectivity index (χ2v) is 5.90. The topological polar surface area (TPSA) is 24.5 Å². The van der Waals surface area contributed by atoms with Crippen molar-refractivity contribution >= 4 is 0 Å². The zero-order chi connectivity index (χ0) is 13.8. The summed E-state index contributed by atoms with van der Waals surface area (Å²) in [5.41, 5.74) is 1.03. The average molecular weight is 278 g/mol. The minimum absolute atomic E-state index is 0.225. The van der Waals surface area contributed by atoms with Gasteiger partial charge in [0, 0.05) is 32.7 Å². The molecule has 1 saturated carbocycles. The van der Waals surface area contributed by atoms with E-state index in [1.807, 2.05) is 6.07 Å². The van der Waals surface area contributed by atoms with Gasteiger partial charge < -0.3 is 10.1 Å². The Morgan fingerprint density at radius 2 is 2.05 bits per heavy atom. The number of ether oxygens (including phenoxy) is 1. The molecule has 0 aromatic heterocycles. The third kappa shape index (κ3) is 3.49. The first-order valence-corrected chi connectivity index (χ1v) is 7.65. The van der Waals surface area contributed by atoms with E-state index in [4.69, 9.17) is 4.74 Å². The predicted molar refractivity (Wildman–Crippen MR) is 77.4 cm³/mol. The van der Waals surface area contributed by atoms with Crippen molar-refractivity contribution < 1.29 is 9.13 Å². The number of hydrogen-bond donors (Lipinski definition) is 1. The van der Waals surface area contributed by atoms with E-state index in [9.17, 15) is 4.39 Å². The zero-order valence-electron chi connectivity index (χ0n) is 11.9. The molecule has 0 spiro atoms. The van der Waals surface area contributed by atoms with Crippen LogP contribution in [0, 0.1) is 11.7 Å². The molecule has 0 unspecified atom stereocenters. The maximum absolute atomic E-state index is 14.0. The first kappa shape index (κ1) is 13.8. The lowest BCUT2D eigenvalue weighted by Crippen LogP contribution is -2.42. The van der Waals surface area contributed by atoms with E-state index in [1.165, 1.54) is 19.3 Å². The van der Waals surface area contributed by atoms with E-state index in [1.54, 1.807) is 12.1 Å². The van der Waals surface area contributed by atoms with Gasteiger partial charge in [0.05, 0.1) is 6.61 Å². The molecule has 1 heterocycles. The number of piperazine rings is 1. The van der Waals surface area contributed by atoms with Gasteiger partial charge in [-0.25, -0.2) is 4.39 Å². The molecule has 3 nitrogen and oxygen atoms in total. The second-order valence-electron chi connectivity index (χ2n) is 5.90. The molecule has 3 rings (SSSR count). The van der Waals surface area contributed by atoms with Crippen LogP contribution in [0.25, 0.3) is 0 Å². The van der Waals surface area contributed by atoms with E-state index < -0.39 is 0 Å². The Labute approximate surface area is 120 Å². The number of nitrogens with zero attached hydrogens (tertiary/aromatic N) is 1. The third-order valence-electron chi connectivity index (χ3n) is 4.31. The van der Waals surface area contributed by atoms with Gasteiger partial charge in [-0.15, -0.1) is 0 Å². The SMILES string of the molecule is Fc1cc(CN2CCNCC2)ccc1OCC1CCC1. The van der Waals surface area contributed by atoms with Crippen LogP contribution in [0.2, 0.25) is 0 Å². The Morgan fingerprint density at radius 1 is 1.25 bits per heavy atom. The first-order valence-electron chi connectivity index (χ1n) is 7.65. The van der Waals surface area contributed by atoms with Gasteiger partial charge in [-0.05, 0) is 36.5 Å². The van der Waals surface area contributed by atoms with Gasteiger partial charge in [-0.3, -0.25) is 4.90 Å². The molecule has 1 aliphatic heterocycles. The molecule has 2 fully saturated rings. The molecule has 1 aromatic rings. The van der Waals surface area contributed by atoms with Crippen molar-refractivity contribution in [1.29, 1.82) is 0 Å². The summed E-state index contributed by atoms with van der Waals surface area (Å²) < 4.78 is 19.6. The van der Waals surface area contributed by atoms with Gasteiger partial charge in [0.15, 0.2) is 11.6 Å². The maximum Gasteiger partial charge on any atom is 0.165 e. The van der Waals surface area contributed by atoms with Crippen LogP contribution in [0.5, 0.6) is 5.75 Å². The largest absolute Gasteiger partial charge is 0.490 e. The summed E-state index contributed by atoms with van der Waals surface area (Å²) in [6.45, 7) is 5.58. The zero-order valence-corrected chi connectivity index (χ0v) is 11.9. The van der Waals surface area contributed by atoms with Crippen molar-refractivity contribution in [3.05, 3.63) is 29.6 Å². The Kier molecular flexibility index (Phi) is 4.53. The molecular weight excluding hydrogens is 255 g/mol. The van der Waals surface area contributed by atoms with Crippen molar-refractivity contribution in [3.8, 4) is 5.75 Å². The smallest absolute Gasteiger partial charge is 0.165 e. The molecule has 1 N–H and O–H groups in total. The molecule has 0 atom stereocenters. The van der Waals surface area contributed by atoms with Crippen LogP contribution >= 0.6 is 0 Å². The molecular formula is C16H23FN2O. The number of halogens is 1. The van der Waals surface area contributed by atoms with E-state index in [2.05, 4.69) is 10.2 Å². The summed E-state index contributed by atoms with van der Waals surface area (Å²) in [7, 11) is 0. The van der Waals surface area contributed by atoms with Crippen molar-refractivity contribution in [1.82, 2.24) is 10.2 Å². The van der Waals surface area contributed by atoms with Crippen molar-refractivity contribution in [2.24, 2.45) is 5.92 Å². The molecule has 4 heteroatoms. The van der Waals surface area contributed by atoms with E-state index in [0.29, 0.717) is 18.3 Å². The first-order chi connectivity index (χ1) is 9.81. The fourth-order valence-electron chi connectivity index (χ4n) is 2.75. The van der Waals surface area contributed by atoms with Gasteiger partial charge in [0.1, 0.15) is 0 Å². The summed E-state index contributed by atoms with van der Waals surface area (Å²) in [5, 5.41) is 3.32. The molecule has 2 aliphatic rings. The minimum atomic E-state index is -0.225. The highest BCUT2D eigenvalue weighted by Gasteiger charge is 2.19. The maximum atomic E-state index is 14.0. The average Bonchev–Trinajstić information content (AvgIpc) is 2.40. The fraction of sp³-hybridized carbons (Fsp3) is 0.625. The van der Waals surface area contributed by atoms with Crippen molar-refractivity contribution in [2.75, 3.05) is 32.8 Å². The van der Waals surface area contributed by atoms with Gasteiger partial charge in [-0.2, -0.15) is 0 Å². The highest BCUT2D eigenvalue weighted by molar-refractivity contribution is 5.29. The molecule has 20 heavy (non-hydrogen) atoms. The van der Waals surface area contributed by atoms with Crippen LogP contribution in [-0.4, -0.2) is 37.7 Å². The molecule has 0 bridgehead atoms. The van der Waals surface area contributed by atoms with Gasteiger partial charge in [0.2, 0.25) is 0 Å². The number of benzene rings is 1. The van der Waals surface area contributed by atoms with Crippen LogP contribution < -0.4 is 10.1 Å². The number of nitrogens with one attached hydrogen (secondary N) is 1. The van der Waals surface area contributed by atoms with Gasteiger partial charge in [-0.1, -0.05) is 12.5 Å². The minimum Gasteiger partial charge on any atom is -0.490 e. The second kappa shape index (κ2) is 6.55. The van der Waals surface area contributed by atoms with Crippen LogP contribution in [0.4, 0.5) is 4.39 Å². The van der Waals surface area contributed by atoms with Crippen LogP contribution in [0.15, 0.2) is 18.2 Å². The molecule has 1 aromatic carbocycles. The molecule has 1 saturated heterocycles. The summed E-state index contributed by atoms with van der Waals surface area (Å²) >= 11 is 0. The summed E-state index contributed by atoms with van der Waals surface area (Å²) in [5.74, 6) is 0.813. The lowest BCUT2D eigenvalue weighted by atomic mass is 9.86. The van der Waals surface area contributed by atoms with Crippen LogP contribution in [0.1, 0.15) is 24.8 Å². The van der Waals surface area contributed by atoms with Gasteiger partial charge in [0.25, 0.3) is 0 Å². The third-order valence-corrected chi connectivity index (χ3v) is 4.31. The number of rotatable bonds is 5. The van der Waals surface area contributed by atoms with E-state index >= 15 is 0 Å². The standard InChI is InChI=1S/C16H23FN2O/c17-15-10-14(11-19-8-6-18-7-9-19)4-5-16(15)20-12-13-2-1-3-13/h4-5,10,13,18H,1-3,6-9,11-12H2. The van der Waals surface area contributed by atoms with Gasteiger partial charge >= 0.3 is 0 Å². The van der Waals surface area contributed by atoms with Crippen molar-refractivity contribution in [2.45, 2.75) is 25.8 Å². The normalized spacial score (nSPS) is 20.6. The van der Waals surface area contributed by atoms with Crippen LogP contribution in [0.3, 0.4) is 0 Å². The highest BCUT2D eigenvalue weighted by atomic mass is 19.1. The predicted octanol–water partition coefficient (Wildman–Crippen LogP) is 2.41. The lowest BCUT2D eigenvalue weighted by Gasteiger charge is -2.27. The molecule has 1 aliphatic carbocycles. The summed E-state index contributed by atoms with van der Waals surface area (Å²) in [4.78, 5) is 2.35. The molecule has 0 radical (unpaired) electrons. The van der Waals surface area contributed by atoms with Crippen LogP contribution in [-0.2, 0) is 6.54 Å². The fourth-order valence-corrected chi connectivity index (χ4v) is 2.75. The molecule has 110 valence electrons. The number of hydrogen-bond acceptors (Lipinski definition) is 3. The Hall–Kier alpha value is -1.13. The Bertz CT molecular complexity index is 442. The highest BCUT2D eigenvalue weighted by Crippen LogP contribution is 2.28. The summed E-state index contributed by atoms with van der Waals surface area (Å²) in [6, 6.07) is 5.39. The van der Waals surface area contributed by atoms with Crippen molar-refractivity contribution in [3.63, 3.8) is 0 Å². The summed E-state index contributed by atoms with van der Waals surface area (Å²) in [6.07, 6.45) is 3.74. The Morgan fingerprint density at radius 3 is 2.70 bits per heavy atom. The quantitative estimate of drug-likeness (QED) is 0.895. The Balaban J connectivity index is 1.55. The van der Waals surface area contributed by atoms with E-state index in [-0.39, 0.29) is 5.82 Å². The molecule has 0 amide bonds. The van der Waals surface area contributed by atoms with E-state index in [0.717, 1.165) is 38.3 Å². The monoisotopic (exact) mass is 278 g/mol. The lowest BCUT2D eigenvalue weighted by molar-refractivity contribution is 0.175.